The molecule has 6 heteroatoms. The summed E-state index contributed by atoms with van der Waals surface area (Å²) in [5.41, 5.74) is 0.687. The van der Waals surface area contributed by atoms with Gasteiger partial charge in [0.2, 0.25) is 10.0 Å². The molecule has 0 bridgehead atoms. The molecule has 0 saturated carbocycles. The van der Waals surface area contributed by atoms with Gasteiger partial charge in [0.25, 0.3) is 0 Å². The maximum absolute atomic E-state index is 13.4. The number of benzene rings is 1. The highest BCUT2D eigenvalue weighted by atomic mass is 32.2. The highest BCUT2D eigenvalue weighted by Crippen LogP contribution is 2.15. The van der Waals surface area contributed by atoms with E-state index in [-0.39, 0.29) is 17.5 Å². The molecular weight excluding hydrogens is 245 g/mol. The third kappa shape index (κ3) is 3.76. The van der Waals surface area contributed by atoms with Gasteiger partial charge in [-0.05, 0) is 31.5 Å². The summed E-state index contributed by atoms with van der Waals surface area (Å²) in [4.78, 5) is -0.333. The first-order valence-electron chi connectivity index (χ1n) is 5.15. The fourth-order valence-corrected chi connectivity index (χ4v) is 2.48. The number of hydrogen-bond acceptors (Lipinski definition) is 3. The van der Waals surface area contributed by atoms with Gasteiger partial charge in [0.15, 0.2) is 0 Å². The minimum absolute atomic E-state index is 0.103. The zero-order valence-corrected chi connectivity index (χ0v) is 10.8. The Morgan fingerprint density at radius 2 is 2.12 bits per heavy atom. The Labute approximate surface area is 101 Å². The number of aryl methyl sites for hydroxylation is 1. The molecule has 0 amide bonds. The molecule has 0 heterocycles. The van der Waals surface area contributed by atoms with Gasteiger partial charge in [-0.1, -0.05) is 6.07 Å². The van der Waals surface area contributed by atoms with Crippen molar-refractivity contribution in [2.75, 3.05) is 13.7 Å². The van der Waals surface area contributed by atoms with Crippen LogP contribution in [0.5, 0.6) is 0 Å². The van der Waals surface area contributed by atoms with Crippen LogP contribution in [0.15, 0.2) is 23.1 Å². The lowest BCUT2D eigenvalue weighted by Gasteiger charge is -2.12. The first-order chi connectivity index (χ1) is 7.86. The second-order valence-corrected chi connectivity index (χ2v) is 5.57. The summed E-state index contributed by atoms with van der Waals surface area (Å²) in [6, 6.07) is 3.96. The van der Waals surface area contributed by atoms with Crippen molar-refractivity contribution in [3.8, 4) is 0 Å². The second kappa shape index (κ2) is 5.57. The average Bonchev–Trinajstić information content (AvgIpc) is 2.29. The molecule has 4 nitrogen and oxygen atoms in total. The summed E-state index contributed by atoms with van der Waals surface area (Å²) in [6.45, 7) is 3.53. The highest BCUT2D eigenvalue weighted by molar-refractivity contribution is 7.89. The molecule has 0 aliphatic rings. The van der Waals surface area contributed by atoms with Crippen molar-refractivity contribution in [1.29, 1.82) is 0 Å². The number of ether oxygens (including phenoxy) is 1. The molecule has 0 radical (unpaired) electrons. The van der Waals surface area contributed by atoms with Crippen molar-refractivity contribution in [3.05, 3.63) is 29.6 Å². The Bertz CT molecular complexity index is 487. The van der Waals surface area contributed by atoms with E-state index in [4.69, 9.17) is 4.74 Å². The van der Waals surface area contributed by atoms with Crippen LogP contribution in [0.1, 0.15) is 12.5 Å². The van der Waals surface area contributed by atoms with E-state index in [1.165, 1.54) is 19.2 Å². The van der Waals surface area contributed by atoms with Gasteiger partial charge in [0.05, 0.1) is 6.10 Å². The zero-order chi connectivity index (χ0) is 13.1. The minimum Gasteiger partial charge on any atom is -0.380 e. The van der Waals surface area contributed by atoms with E-state index in [1.807, 2.05) is 0 Å². The van der Waals surface area contributed by atoms with E-state index in [2.05, 4.69) is 4.72 Å². The van der Waals surface area contributed by atoms with Gasteiger partial charge in [-0.25, -0.2) is 17.5 Å². The average molecular weight is 261 g/mol. The van der Waals surface area contributed by atoms with Crippen LogP contribution in [0.25, 0.3) is 0 Å². The Morgan fingerprint density at radius 3 is 2.71 bits per heavy atom. The third-order valence-corrected chi connectivity index (χ3v) is 3.78. The maximum atomic E-state index is 13.4. The number of methoxy groups -OCH3 is 1. The third-order valence-electron chi connectivity index (χ3n) is 2.34. The summed E-state index contributed by atoms with van der Waals surface area (Å²) in [7, 11) is -2.35. The van der Waals surface area contributed by atoms with Gasteiger partial charge in [0, 0.05) is 13.7 Å². The molecule has 96 valence electrons. The smallest absolute Gasteiger partial charge is 0.243 e. The van der Waals surface area contributed by atoms with Gasteiger partial charge in [-0.15, -0.1) is 0 Å². The molecule has 0 saturated heterocycles. The lowest BCUT2D eigenvalue weighted by atomic mass is 10.2. The molecule has 17 heavy (non-hydrogen) atoms. The monoisotopic (exact) mass is 261 g/mol. The van der Waals surface area contributed by atoms with Crippen LogP contribution in [-0.2, 0) is 14.8 Å². The normalized spacial score (nSPS) is 13.6. The molecule has 1 atom stereocenters. The molecule has 1 aromatic rings. The Balaban J connectivity index is 2.93. The summed E-state index contributed by atoms with van der Waals surface area (Å²) < 4.78 is 44.3. The number of rotatable bonds is 5. The first kappa shape index (κ1) is 14.1. The van der Waals surface area contributed by atoms with Crippen LogP contribution >= 0.6 is 0 Å². The van der Waals surface area contributed by atoms with E-state index >= 15 is 0 Å². The Morgan fingerprint density at radius 1 is 1.47 bits per heavy atom. The molecular formula is C11H16FNO3S. The van der Waals surface area contributed by atoms with Crippen molar-refractivity contribution >= 4 is 10.0 Å². The first-order valence-corrected chi connectivity index (χ1v) is 6.63. The number of halogens is 1. The molecule has 0 aliphatic heterocycles. The van der Waals surface area contributed by atoms with Crippen LogP contribution < -0.4 is 4.72 Å². The molecule has 1 unspecified atom stereocenters. The van der Waals surface area contributed by atoms with Crippen LogP contribution in [-0.4, -0.2) is 28.2 Å². The minimum atomic E-state index is -3.82. The largest absolute Gasteiger partial charge is 0.380 e. The molecule has 1 aromatic carbocycles. The number of nitrogens with one attached hydrogen (secondary N) is 1. The van der Waals surface area contributed by atoms with Crippen LogP contribution in [0, 0.1) is 12.7 Å². The van der Waals surface area contributed by atoms with Gasteiger partial charge < -0.3 is 4.74 Å². The standard InChI is InChI=1S/C11H16FNO3S/c1-8-4-5-10(12)11(6-8)17(14,15)13-7-9(2)16-3/h4-6,9,13H,7H2,1-3H3. The molecule has 0 aromatic heterocycles. The van der Waals surface area contributed by atoms with Gasteiger partial charge >= 0.3 is 0 Å². The van der Waals surface area contributed by atoms with Crippen LogP contribution in [0.2, 0.25) is 0 Å². The summed E-state index contributed by atoms with van der Waals surface area (Å²) in [5, 5.41) is 0. The summed E-state index contributed by atoms with van der Waals surface area (Å²) in [5.74, 6) is -0.756. The van der Waals surface area contributed by atoms with E-state index < -0.39 is 15.8 Å². The summed E-state index contributed by atoms with van der Waals surface area (Å²) in [6.07, 6.45) is -0.266. The van der Waals surface area contributed by atoms with Crippen molar-refractivity contribution < 1.29 is 17.5 Å². The predicted octanol–water partition coefficient (Wildman–Crippen LogP) is 1.45. The quantitative estimate of drug-likeness (QED) is 0.872. The Hall–Kier alpha value is -0.980. The van der Waals surface area contributed by atoms with Crippen LogP contribution in [0.3, 0.4) is 0 Å². The lowest BCUT2D eigenvalue weighted by Crippen LogP contribution is -2.32. The van der Waals surface area contributed by atoms with E-state index in [0.717, 1.165) is 6.07 Å². The second-order valence-electron chi connectivity index (χ2n) is 3.83. The van der Waals surface area contributed by atoms with Crippen molar-refractivity contribution in [2.45, 2.75) is 24.8 Å². The van der Waals surface area contributed by atoms with Crippen molar-refractivity contribution in [1.82, 2.24) is 4.72 Å². The topological polar surface area (TPSA) is 55.4 Å². The van der Waals surface area contributed by atoms with Crippen LogP contribution in [0.4, 0.5) is 4.39 Å². The fraction of sp³-hybridized carbons (Fsp3) is 0.455. The molecule has 0 spiro atoms. The van der Waals surface area contributed by atoms with Gasteiger partial charge in [-0.3, -0.25) is 0 Å². The SMILES string of the molecule is COC(C)CNS(=O)(=O)c1cc(C)ccc1F. The van der Waals surface area contributed by atoms with E-state index in [9.17, 15) is 12.8 Å². The van der Waals surface area contributed by atoms with Gasteiger partial charge in [0.1, 0.15) is 10.7 Å². The fourth-order valence-electron chi connectivity index (χ4n) is 1.20. The zero-order valence-electron chi connectivity index (χ0n) is 10.0. The number of hydrogen-bond donors (Lipinski definition) is 1. The van der Waals surface area contributed by atoms with Gasteiger partial charge in [-0.2, -0.15) is 0 Å². The van der Waals surface area contributed by atoms with E-state index in [1.54, 1.807) is 13.8 Å². The van der Waals surface area contributed by atoms with Crippen molar-refractivity contribution in [3.63, 3.8) is 0 Å². The van der Waals surface area contributed by atoms with E-state index in [0.29, 0.717) is 5.56 Å². The van der Waals surface area contributed by atoms with Crippen molar-refractivity contribution in [2.24, 2.45) is 0 Å². The highest BCUT2D eigenvalue weighted by Gasteiger charge is 2.19. The predicted molar refractivity (Wildman–Crippen MR) is 62.8 cm³/mol. The molecule has 0 aliphatic carbocycles. The summed E-state index contributed by atoms with van der Waals surface area (Å²) >= 11 is 0. The molecule has 1 N–H and O–H groups in total. The maximum Gasteiger partial charge on any atom is 0.243 e. The Kier molecular flexibility index (Phi) is 4.62. The lowest BCUT2D eigenvalue weighted by molar-refractivity contribution is 0.122. The number of sulfonamides is 1. The molecule has 1 rings (SSSR count). The molecule has 0 fully saturated rings.